The van der Waals surface area contributed by atoms with Crippen molar-refractivity contribution in [2.24, 2.45) is 5.73 Å². The molecule has 1 aliphatic heterocycles. The lowest BCUT2D eigenvalue weighted by atomic mass is 9.97. The summed E-state index contributed by atoms with van der Waals surface area (Å²) < 4.78 is 10.6. The number of aromatic nitrogens is 1. The zero-order chi connectivity index (χ0) is 15.6. The lowest BCUT2D eigenvalue weighted by Crippen LogP contribution is -2.41. The molecule has 0 atom stereocenters. The number of likely N-dealkylation sites (tertiary alicyclic amines) is 1. The topological polar surface area (TPSA) is 98.7 Å². The molecule has 2 amide bonds. The fraction of sp³-hybridized carbons (Fsp3) is 0.643. The number of hydrogen-bond donors (Lipinski definition) is 1. The molecule has 7 heteroatoms. The molecule has 1 saturated heterocycles. The third-order valence-corrected chi connectivity index (χ3v) is 3.27. The van der Waals surface area contributed by atoms with Gasteiger partial charge in [0.15, 0.2) is 11.6 Å². The van der Waals surface area contributed by atoms with Crippen molar-refractivity contribution < 1.29 is 18.7 Å². The first kappa shape index (κ1) is 15.3. The summed E-state index contributed by atoms with van der Waals surface area (Å²) >= 11 is 0. The molecule has 0 aromatic carbocycles. The number of nitrogens with zero attached hydrogens (tertiary/aromatic N) is 2. The molecule has 0 saturated carbocycles. The Kier molecular flexibility index (Phi) is 4.20. The van der Waals surface area contributed by atoms with Gasteiger partial charge in [-0.25, -0.2) is 9.78 Å². The van der Waals surface area contributed by atoms with Crippen LogP contribution >= 0.6 is 0 Å². The number of primary amides is 1. The van der Waals surface area contributed by atoms with Gasteiger partial charge in [-0.05, 0) is 33.6 Å². The number of oxazole rings is 1. The van der Waals surface area contributed by atoms with Crippen LogP contribution in [0.1, 0.15) is 55.9 Å². The van der Waals surface area contributed by atoms with E-state index in [0.29, 0.717) is 19.0 Å². The monoisotopic (exact) mass is 295 g/mol. The Morgan fingerprint density at radius 3 is 2.48 bits per heavy atom. The van der Waals surface area contributed by atoms with E-state index in [4.69, 9.17) is 14.9 Å². The van der Waals surface area contributed by atoms with Gasteiger partial charge in [-0.1, -0.05) is 0 Å². The van der Waals surface area contributed by atoms with E-state index in [0.717, 1.165) is 12.8 Å². The van der Waals surface area contributed by atoms with Crippen molar-refractivity contribution in [3.63, 3.8) is 0 Å². The molecule has 1 aliphatic rings. The number of rotatable bonds is 2. The van der Waals surface area contributed by atoms with Crippen molar-refractivity contribution >= 4 is 12.0 Å². The molecule has 7 nitrogen and oxygen atoms in total. The van der Waals surface area contributed by atoms with Crippen LogP contribution in [0.3, 0.4) is 0 Å². The highest BCUT2D eigenvalue weighted by atomic mass is 16.6. The summed E-state index contributed by atoms with van der Waals surface area (Å²) in [5.41, 5.74) is 4.79. The van der Waals surface area contributed by atoms with E-state index >= 15 is 0 Å². The summed E-state index contributed by atoms with van der Waals surface area (Å²) in [5, 5.41) is 0. The third kappa shape index (κ3) is 3.96. The number of hydrogen-bond acceptors (Lipinski definition) is 5. The summed E-state index contributed by atoms with van der Waals surface area (Å²) in [6.45, 7) is 6.68. The predicted molar refractivity (Wildman–Crippen MR) is 74.8 cm³/mol. The van der Waals surface area contributed by atoms with E-state index in [1.165, 1.54) is 6.26 Å². The lowest BCUT2D eigenvalue weighted by Gasteiger charge is -2.32. The Balaban J connectivity index is 1.90. The van der Waals surface area contributed by atoms with Crippen molar-refractivity contribution in [3.05, 3.63) is 17.8 Å². The van der Waals surface area contributed by atoms with Crippen molar-refractivity contribution in [1.82, 2.24) is 9.88 Å². The van der Waals surface area contributed by atoms with Crippen LogP contribution in [0.5, 0.6) is 0 Å². The van der Waals surface area contributed by atoms with Gasteiger partial charge in [-0.3, -0.25) is 4.79 Å². The van der Waals surface area contributed by atoms with Gasteiger partial charge in [0.05, 0.1) is 0 Å². The second kappa shape index (κ2) is 5.75. The van der Waals surface area contributed by atoms with E-state index in [1.54, 1.807) is 4.90 Å². The molecule has 21 heavy (non-hydrogen) atoms. The van der Waals surface area contributed by atoms with Crippen LogP contribution < -0.4 is 5.73 Å². The summed E-state index contributed by atoms with van der Waals surface area (Å²) in [5.74, 6) is 0.000571. The average Bonchev–Trinajstić information content (AvgIpc) is 2.86. The second-order valence-electron chi connectivity index (χ2n) is 6.18. The second-order valence-corrected chi connectivity index (χ2v) is 6.18. The van der Waals surface area contributed by atoms with Crippen LogP contribution in [-0.4, -0.2) is 40.6 Å². The maximum Gasteiger partial charge on any atom is 0.410 e. The molecule has 0 radical (unpaired) electrons. The molecular formula is C14H21N3O4. The Hall–Kier alpha value is -2.05. The van der Waals surface area contributed by atoms with Crippen LogP contribution in [0.4, 0.5) is 4.79 Å². The van der Waals surface area contributed by atoms with Crippen molar-refractivity contribution in [3.8, 4) is 0 Å². The van der Waals surface area contributed by atoms with Crippen LogP contribution in [-0.2, 0) is 4.74 Å². The van der Waals surface area contributed by atoms with Gasteiger partial charge in [-0.15, -0.1) is 0 Å². The number of nitrogens with two attached hydrogens (primary N) is 1. The smallest absolute Gasteiger partial charge is 0.410 e. The Bertz CT molecular complexity index is 525. The van der Waals surface area contributed by atoms with Gasteiger partial charge in [0.1, 0.15) is 11.9 Å². The molecule has 2 N–H and O–H groups in total. The minimum Gasteiger partial charge on any atom is -0.448 e. The maximum atomic E-state index is 12.0. The van der Waals surface area contributed by atoms with Crippen LogP contribution in [0.25, 0.3) is 0 Å². The van der Waals surface area contributed by atoms with E-state index in [1.807, 2.05) is 20.8 Å². The summed E-state index contributed by atoms with van der Waals surface area (Å²) in [6, 6.07) is 0. The molecule has 0 spiro atoms. The molecular weight excluding hydrogens is 274 g/mol. The highest BCUT2D eigenvalue weighted by molar-refractivity contribution is 5.90. The first-order valence-electron chi connectivity index (χ1n) is 6.99. The fourth-order valence-electron chi connectivity index (χ4n) is 2.22. The number of ether oxygens (including phenoxy) is 1. The first-order valence-corrected chi connectivity index (χ1v) is 6.99. The summed E-state index contributed by atoms with van der Waals surface area (Å²) in [6.07, 6.45) is 2.42. The maximum absolute atomic E-state index is 12.0. The number of carbonyl (C=O) groups excluding carboxylic acids is 2. The van der Waals surface area contributed by atoms with Crippen LogP contribution in [0.2, 0.25) is 0 Å². The molecule has 1 fully saturated rings. The quantitative estimate of drug-likeness (QED) is 0.898. The van der Waals surface area contributed by atoms with Gasteiger partial charge < -0.3 is 19.8 Å². The Morgan fingerprint density at radius 2 is 2.00 bits per heavy atom. The summed E-state index contributed by atoms with van der Waals surface area (Å²) in [7, 11) is 0. The van der Waals surface area contributed by atoms with E-state index in [-0.39, 0.29) is 17.7 Å². The largest absolute Gasteiger partial charge is 0.448 e. The highest BCUT2D eigenvalue weighted by Crippen LogP contribution is 2.28. The standard InChI is InChI=1S/C14H21N3O4/c1-14(2,3)21-13(19)17-6-4-9(5-7-17)12-16-10(8-20-12)11(15)18/h8-9H,4-7H2,1-3H3,(H2,15,18). The van der Waals surface area contributed by atoms with E-state index in [9.17, 15) is 9.59 Å². The number of carbonyl (C=O) groups is 2. The van der Waals surface area contributed by atoms with E-state index < -0.39 is 11.5 Å². The predicted octanol–water partition coefficient (Wildman–Crippen LogP) is 1.89. The molecule has 0 aliphatic carbocycles. The van der Waals surface area contributed by atoms with Gasteiger partial charge in [0.2, 0.25) is 0 Å². The molecule has 2 rings (SSSR count). The Morgan fingerprint density at radius 1 is 1.38 bits per heavy atom. The Labute approximate surface area is 123 Å². The van der Waals surface area contributed by atoms with E-state index in [2.05, 4.69) is 4.98 Å². The first-order chi connectivity index (χ1) is 9.76. The van der Waals surface area contributed by atoms with Gasteiger partial charge in [0, 0.05) is 19.0 Å². The molecule has 1 aromatic heterocycles. The van der Waals surface area contributed by atoms with Crippen molar-refractivity contribution in [2.45, 2.75) is 45.1 Å². The SMILES string of the molecule is CC(C)(C)OC(=O)N1CCC(c2nc(C(N)=O)co2)CC1. The molecule has 0 bridgehead atoms. The minimum absolute atomic E-state index is 0.0942. The van der Waals surface area contributed by atoms with Gasteiger partial charge in [0.25, 0.3) is 5.91 Å². The van der Waals surface area contributed by atoms with Gasteiger partial charge in [-0.2, -0.15) is 0 Å². The lowest BCUT2D eigenvalue weighted by molar-refractivity contribution is 0.0199. The van der Waals surface area contributed by atoms with Crippen LogP contribution in [0.15, 0.2) is 10.7 Å². The van der Waals surface area contributed by atoms with Crippen molar-refractivity contribution in [1.29, 1.82) is 0 Å². The molecule has 116 valence electrons. The highest BCUT2D eigenvalue weighted by Gasteiger charge is 2.29. The molecule has 2 heterocycles. The fourth-order valence-corrected chi connectivity index (χ4v) is 2.22. The number of piperidine rings is 1. The average molecular weight is 295 g/mol. The zero-order valence-electron chi connectivity index (χ0n) is 12.6. The van der Waals surface area contributed by atoms with Gasteiger partial charge >= 0.3 is 6.09 Å². The van der Waals surface area contributed by atoms with Crippen molar-refractivity contribution in [2.75, 3.05) is 13.1 Å². The minimum atomic E-state index is -0.601. The zero-order valence-corrected chi connectivity index (χ0v) is 12.6. The molecule has 1 aromatic rings. The summed E-state index contributed by atoms with van der Waals surface area (Å²) in [4.78, 5) is 28.7. The normalized spacial score (nSPS) is 16.8. The number of amides is 2. The third-order valence-electron chi connectivity index (χ3n) is 3.27. The van der Waals surface area contributed by atoms with Crippen LogP contribution in [0, 0.1) is 0 Å². The molecule has 0 unspecified atom stereocenters.